The summed E-state index contributed by atoms with van der Waals surface area (Å²) in [5.41, 5.74) is 0.920. The van der Waals surface area contributed by atoms with Crippen LogP contribution in [0.4, 0.5) is 5.69 Å². The number of esters is 1. The maximum atomic E-state index is 11.8. The molecule has 0 aliphatic carbocycles. The van der Waals surface area contributed by atoms with Crippen LogP contribution in [-0.4, -0.2) is 43.9 Å². The molecule has 0 radical (unpaired) electrons. The lowest BCUT2D eigenvalue weighted by Gasteiger charge is -2.08. The number of anilines is 1. The van der Waals surface area contributed by atoms with Crippen LogP contribution in [-0.2, 0) is 14.3 Å². The zero-order valence-corrected chi connectivity index (χ0v) is 14.7. The number of amides is 3. The fourth-order valence-electron chi connectivity index (χ4n) is 1.89. The lowest BCUT2D eigenvalue weighted by Crippen LogP contribution is -2.31. The van der Waals surface area contributed by atoms with Gasteiger partial charge in [-0.3, -0.25) is 19.2 Å². The molecule has 0 saturated carbocycles. The van der Waals surface area contributed by atoms with Crippen LogP contribution in [0.3, 0.4) is 0 Å². The topological polar surface area (TPSA) is 114 Å². The van der Waals surface area contributed by atoms with E-state index in [4.69, 9.17) is 4.74 Å². The zero-order valence-electron chi connectivity index (χ0n) is 13.9. The third kappa shape index (κ3) is 5.71. The number of hydrogen-bond donors (Lipinski definition) is 3. The molecule has 1 aromatic carbocycles. The normalized spacial score (nSPS) is 9.88. The van der Waals surface area contributed by atoms with Crippen molar-refractivity contribution in [2.75, 3.05) is 25.5 Å². The summed E-state index contributed by atoms with van der Waals surface area (Å²) in [6.07, 6.45) is 0. The van der Waals surface area contributed by atoms with Gasteiger partial charge in [0.25, 0.3) is 17.7 Å². The Morgan fingerprint density at radius 1 is 1.04 bits per heavy atom. The number of rotatable bonds is 7. The number of carbonyl (C=O) groups is 4. The van der Waals surface area contributed by atoms with Gasteiger partial charge in [0, 0.05) is 18.3 Å². The highest BCUT2D eigenvalue weighted by molar-refractivity contribution is 7.12. The van der Waals surface area contributed by atoms with Crippen LogP contribution < -0.4 is 16.0 Å². The highest BCUT2D eigenvalue weighted by Gasteiger charge is 2.11. The summed E-state index contributed by atoms with van der Waals surface area (Å²) >= 11 is 1.25. The van der Waals surface area contributed by atoms with Crippen molar-refractivity contribution in [3.63, 3.8) is 0 Å². The first-order valence-corrected chi connectivity index (χ1v) is 8.47. The molecule has 136 valence electrons. The van der Waals surface area contributed by atoms with Crippen molar-refractivity contribution in [3.05, 3.63) is 52.2 Å². The fraction of sp³-hybridized carbons (Fsp3) is 0.176. The van der Waals surface area contributed by atoms with E-state index in [0.717, 1.165) is 0 Å². The Bertz CT molecular complexity index is 787. The molecule has 0 aliphatic heterocycles. The second-order valence-electron chi connectivity index (χ2n) is 5.03. The van der Waals surface area contributed by atoms with Gasteiger partial charge in [-0.2, -0.15) is 0 Å². The number of carbonyl (C=O) groups excluding carboxylic acids is 4. The molecule has 0 fully saturated rings. The molecule has 0 atom stereocenters. The second kappa shape index (κ2) is 9.33. The van der Waals surface area contributed by atoms with Crippen molar-refractivity contribution in [2.45, 2.75) is 0 Å². The Morgan fingerprint density at radius 2 is 1.77 bits per heavy atom. The smallest absolute Gasteiger partial charge is 0.325 e. The first kappa shape index (κ1) is 19.1. The molecule has 8 nitrogen and oxygen atoms in total. The van der Waals surface area contributed by atoms with Crippen molar-refractivity contribution in [1.29, 1.82) is 0 Å². The van der Waals surface area contributed by atoms with Crippen molar-refractivity contribution >= 4 is 40.7 Å². The Labute approximate surface area is 153 Å². The molecule has 1 heterocycles. The van der Waals surface area contributed by atoms with E-state index in [2.05, 4.69) is 16.0 Å². The quantitative estimate of drug-likeness (QED) is 0.625. The van der Waals surface area contributed by atoms with Gasteiger partial charge in [-0.25, -0.2) is 0 Å². The minimum absolute atomic E-state index is 0.235. The van der Waals surface area contributed by atoms with E-state index in [1.165, 1.54) is 18.4 Å². The van der Waals surface area contributed by atoms with Gasteiger partial charge in [-0.15, -0.1) is 11.3 Å². The lowest BCUT2D eigenvalue weighted by atomic mass is 10.2. The highest BCUT2D eigenvalue weighted by Crippen LogP contribution is 2.09. The van der Waals surface area contributed by atoms with Gasteiger partial charge in [0.05, 0.1) is 4.88 Å². The molecule has 2 aromatic rings. The molecule has 0 unspecified atom stereocenters. The van der Waals surface area contributed by atoms with Gasteiger partial charge >= 0.3 is 5.97 Å². The Morgan fingerprint density at radius 3 is 2.38 bits per heavy atom. The van der Waals surface area contributed by atoms with Crippen LogP contribution in [0, 0.1) is 0 Å². The minimum Gasteiger partial charge on any atom is -0.454 e. The standard InChI is InChI=1S/C17H17N3O5S/c1-18-16(23)11-4-6-12(7-5-11)20-14(21)10-25-15(22)9-19-17(24)13-3-2-8-26-13/h2-8H,9-10H2,1H3,(H,18,23)(H,19,24)(H,20,21). The average molecular weight is 375 g/mol. The minimum atomic E-state index is -0.722. The average Bonchev–Trinajstić information content (AvgIpc) is 3.19. The molecule has 0 saturated heterocycles. The van der Waals surface area contributed by atoms with E-state index in [1.807, 2.05) is 0 Å². The van der Waals surface area contributed by atoms with Gasteiger partial charge in [0.1, 0.15) is 6.54 Å². The number of nitrogens with one attached hydrogen (secondary N) is 3. The van der Waals surface area contributed by atoms with Crippen LogP contribution in [0.5, 0.6) is 0 Å². The number of benzene rings is 1. The maximum absolute atomic E-state index is 11.8. The summed E-state index contributed by atoms with van der Waals surface area (Å²) in [7, 11) is 1.52. The van der Waals surface area contributed by atoms with E-state index in [9.17, 15) is 19.2 Å². The molecule has 2 rings (SSSR count). The van der Waals surface area contributed by atoms with Crippen molar-refractivity contribution in [3.8, 4) is 0 Å². The Kier molecular flexibility index (Phi) is 6.86. The van der Waals surface area contributed by atoms with Crippen LogP contribution in [0.2, 0.25) is 0 Å². The van der Waals surface area contributed by atoms with Crippen LogP contribution in [0.15, 0.2) is 41.8 Å². The van der Waals surface area contributed by atoms with Crippen molar-refractivity contribution in [2.24, 2.45) is 0 Å². The van der Waals surface area contributed by atoms with E-state index in [0.29, 0.717) is 16.1 Å². The van der Waals surface area contributed by atoms with Crippen LogP contribution in [0.1, 0.15) is 20.0 Å². The van der Waals surface area contributed by atoms with Crippen LogP contribution in [0.25, 0.3) is 0 Å². The van der Waals surface area contributed by atoms with Crippen molar-refractivity contribution < 1.29 is 23.9 Å². The number of hydrogen-bond acceptors (Lipinski definition) is 6. The SMILES string of the molecule is CNC(=O)c1ccc(NC(=O)COC(=O)CNC(=O)c2cccs2)cc1. The maximum Gasteiger partial charge on any atom is 0.325 e. The first-order chi connectivity index (χ1) is 12.5. The van der Waals surface area contributed by atoms with Gasteiger partial charge in [-0.05, 0) is 35.7 Å². The van der Waals surface area contributed by atoms with E-state index in [-0.39, 0.29) is 18.4 Å². The van der Waals surface area contributed by atoms with Gasteiger partial charge in [-0.1, -0.05) is 6.07 Å². The summed E-state index contributed by atoms with van der Waals surface area (Å²) < 4.78 is 4.80. The van der Waals surface area contributed by atoms with Gasteiger partial charge < -0.3 is 20.7 Å². The predicted octanol–water partition coefficient (Wildman–Crippen LogP) is 1.02. The summed E-state index contributed by atoms with van der Waals surface area (Å²) in [6.45, 7) is -0.810. The Hall–Kier alpha value is -3.20. The molecule has 3 amide bonds. The second-order valence-corrected chi connectivity index (χ2v) is 5.97. The molecular weight excluding hydrogens is 358 g/mol. The monoisotopic (exact) mass is 375 g/mol. The first-order valence-electron chi connectivity index (χ1n) is 7.59. The molecular formula is C17H17N3O5S. The number of thiophene rings is 1. The third-order valence-electron chi connectivity index (χ3n) is 3.16. The molecule has 0 aliphatic rings. The lowest BCUT2D eigenvalue weighted by molar-refractivity contribution is -0.146. The molecule has 26 heavy (non-hydrogen) atoms. The largest absolute Gasteiger partial charge is 0.454 e. The summed E-state index contributed by atoms with van der Waals surface area (Å²) in [5, 5.41) is 9.18. The molecule has 1 aromatic heterocycles. The Balaban J connectivity index is 1.71. The molecule has 0 spiro atoms. The summed E-state index contributed by atoms with van der Waals surface area (Å²) in [6, 6.07) is 9.59. The molecule has 0 bridgehead atoms. The summed E-state index contributed by atoms with van der Waals surface area (Å²) in [5.74, 6) is -1.87. The van der Waals surface area contributed by atoms with E-state index >= 15 is 0 Å². The molecule has 9 heteroatoms. The highest BCUT2D eigenvalue weighted by atomic mass is 32.1. The molecule has 3 N–H and O–H groups in total. The predicted molar refractivity (Wildman–Crippen MR) is 96.1 cm³/mol. The van der Waals surface area contributed by atoms with Crippen LogP contribution >= 0.6 is 11.3 Å². The zero-order chi connectivity index (χ0) is 18.9. The number of ether oxygens (including phenoxy) is 1. The fourth-order valence-corrected chi connectivity index (χ4v) is 2.53. The van der Waals surface area contributed by atoms with E-state index < -0.39 is 18.5 Å². The third-order valence-corrected chi connectivity index (χ3v) is 4.03. The van der Waals surface area contributed by atoms with E-state index in [1.54, 1.807) is 41.8 Å². The summed E-state index contributed by atoms with van der Waals surface area (Å²) in [4.78, 5) is 46.9. The van der Waals surface area contributed by atoms with Gasteiger partial charge in [0.15, 0.2) is 6.61 Å². The van der Waals surface area contributed by atoms with Gasteiger partial charge in [0.2, 0.25) is 0 Å². The van der Waals surface area contributed by atoms with Crippen molar-refractivity contribution in [1.82, 2.24) is 10.6 Å².